The van der Waals surface area contributed by atoms with E-state index in [2.05, 4.69) is 5.32 Å². The van der Waals surface area contributed by atoms with Crippen molar-refractivity contribution in [2.24, 2.45) is 0 Å². The summed E-state index contributed by atoms with van der Waals surface area (Å²) in [4.78, 5) is 24.4. The summed E-state index contributed by atoms with van der Waals surface area (Å²) in [7, 11) is 0. The van der Waals surface area contributed by atoms with Gasteiger partial charge in [0.25, 0.3) is 5.91 Å². The molecule has 6 heteroatoms. The molecular formula is C20H20ClNO4. The van der Waals surface area contributed by atoms with Crippen LogP contribution in [0.25, 0.3) is 0 Å². The van der Waals surface area contributed by atoms with Gasteiger partial charge in [-0.2, -0.15) is 0 Å². The first-order valence-corrected chi connectivity index (χ1v) is 8.65. The lowest BCUT2D eigenvalue weighted by atomic mass is 9.85. The number of hydrogen-bond donors (Lipinski definition) is 2. The maximum Gasteiger partial charge on any atom is 0.251 e. The van der Waals surface area contributed by atoms with Gasteiger partial charge in [0.05, 0.1) is 6.04 Å². The minimum atomic E-state index is -1.000. The van der Waals surface area contributed by atoms with E-state index in [0.717, 1.165) is 0 Å². The first-order chi connectivity index (χ1) is 12.2. The molecule has 0 aromatic heterocycles. The molecule has 1 amide bonds. The predicted octanol–water partition coefficient (Wildman–Crippen LogP) is 3.55. The van der Waals surface area contributed by atoms with E-state index in [1.807, 2.05) is 0 Å². The third kappa shape index (κ3) is 3.45. The van der Waals surface area contributed by atoms with Gasteiger partial charge < -0.3 is 15.2 Å². The molecule has 1 aliphatic rings. The van der Waals surface area contributed by atoms with Crippen LogP contribution < -0.4 is 10.1 Å². The summed E-state index contributed by atoms with van der Waals surface area (Å²) in [5.41, 5.74) is 0.538. The SMILES string of the molecule is CC(=O)c1ccc2c(c1)[C@H](NC(=O)c1cccc(Cl)c1)[C@@H](O)C(C)(C)O2. The highest BCUT2D eigenvalue weighted by atomic mass is 35.5. The summed E-state index contributed by atoms with van der Waals surface area (Å²) < 4.78 is 5.87. The Morgan fingerprint density at radius 2 is 1.88 bits per heavy atom. The summed E-state index contributed by atoms with van der Waals surface area (Å²) in [5.74, 6) is 0.0576. The summed E-state index contributed by atoms with van der Waals surface area (Å²) in [6.45, 7) is 4.96. The molecule has 0 spiro atoms. The predicted molar refractivity (Wildman–Crippen MR) is 98.8 cm³/mol. The highest BCUT2D eigenvalue weighted by Crippen LogP contribution is 2.40. The fourth-order valence-corrected chi connectivity index (χ4v) is 3.22. The van der Waals surface area contributed by atoms with Gasteiger partial charge in [0.1, 0.15) is 17.5 Å². The van der Waals surface area contributed by atoms with Crippen LogP contribution in [0.15, 0.2) is 42.5 Å². The number of halogens is 1. The van der Waals surface area contributed by atoms with Crippen LogP contribution in [0.2, 0.25) is 5.02 Å². The molecule has 0 aliphatic carbocycles. The molecule has 136 valence electrons. The largest absolute Gasteiger partial charge is 0.485 e. The number of carbonyl (C=O) groups excluding carboxylic acids is 2. The van der Waals surface area contributed by atoms with Crippen LogP contribution in [0.3, 0.4) is 0 Å². The number of benzene rings is 2. The van der Waals surface area contributed by atoms with Crippen LogP contribution >= 0.6 is 11.6 Å². The van der Waals surface area contributed by atoms with Gasteiger partial charge in [0, 0.05) is 21.7 Å². The third-order valence-corrected chi connectivity index (χ3v) is 4.76. The fraction of sp³-hybridized carbons (Fsp3) is 0.300. The van der Waals surface area contributed by atoms with Gasteiger partial charge >= 0.3 is 0 Å². The topological polar surface area (TPSA) is 75.6 Å². The molecule has 0 radical (unpaired) electrons. The Balaban J connectivity index is 2.00. The number of hydrogen-bond acceptors (Lipinski definition) is 4. The Morgan fingerprint density at radius 3 is 2.54 bits per heavy atom. The second-order valence-electron chi connectivity index (χ2n) is 6.92. The number of rotatable bonds is 3. The Bertz CT molecular complexity index is 878. The van der Waals surface area contributed by atoms with Gasteiger partial charge in [0.15, 0.2) is 5.78 Å². The molecule has 26 heavy (non-hydrogen) atoms. The van der Waals surface area contributed by atoms with E-state index in [9.17, 15) is 14.7 Å². The highest BCUT2D eigenvalue weighted by molar-refractivity contribution is 6.30. The lowest BCUT2D eigenvalue weighted by molar-refractivity contribution is -0.0627. The lowest BCUT2D eigenvalue weighted by Crippen LogP contribution is -2.53. The fourth-order valence-electron chi connectivity index (χ4n) is 3.03. The molecule has 1 aliphatic heterocycles. The molecule has 0 bridgehead atoms. The standard InChI is InChI=1S/C20H20ClNO4/c1-11(23)12-7-8-16-15(10-12)17(18(24)20(2,3)26-16)22-19(25)13-5-4-6-14(21)9-13/h4-10,17-18,24H,1-3H3,(H,22,25)/t17-,18+/m0/s1. The van der Waals surface area contributed by atoms with E-state index in [1.165, 1.54) is 6.92 Å². The van der Waals surface area contributed by atoms with Crippen molar-refractivity contribution in [3.63, 3.8) is 0 Å². The van der Waals surface area contributed by atoms with Gasteiger partial charge in [-0.1, -0.05) is 17.7 Å². The number of nitrogens with one attached hydrogen (secondary N) is 1. The molecular weight excluding hydrogens is 354 g/mol. The van der Waals surface area contributed by atoms with E-state index in [-0.39, 0.29) is 11.7 Å². The molecule has 0 unspecified atom stereocenters. The molecule has 0 fully saturated rings. The third-order valence-electron chi connectivity index (χ3n) is 4.53. The average molecular weight is 374 g/mol. The van der Waals surface area contributed by atoms with E-state index in [0.29, 0.717) is 27.5 Å². The molecule has 5 nitrogen and oxygen atoms in total. The zero-order valence-corrected chi connectivity index (χ0v) is 15.5. The second-order valence-corrected chi connectivity index (χ2v) is 7.36. The monoisotopic (exact) mass is 373 g/mol. The normalized spacial score (nSPS) is 20.7. The number of ketones is 1. The average Bonchev–Trinajstić information content (AvgIpc) is 2.58. The van der Waals surface area contributed by atoms with Crippen LogP contribution in [-0.2, 0) is 0 Å². The van der Waals surface area contributed by atoms with Gasteiger partial charge in [-0.25, -0.2) is 0 Å². The lowest BCUT2D eigenvalue weighted by Gasteiger charge is -2.42. The van der Waals surface area contributed by atoms with E-state index in [4.69, 9.17) is 16.3 Å². The van der Waals surface area contributed by atoms with Crippen LogP contribution in [0.4, 0.5) is 0 Å². The summed E-state index contributed by atoms with van der Waals surface area (Å²) in [6.07, 6.45) is -1.000. The summed E-state index contributed by atoms with van der Waals surface area (Å²) in [5, 5.41) is 14.1. The van der Waals surface area contributed by atoms with Gasteiger partial charge in [-0.05, 0) is 57.2 Å². The molecule has 2 atom stereocenters. The molecule has 2 aromatic rings. The number of fused-ring (bicyclic) bond motifs is 1. The van der Waals surface area contributed by atoms with Crippen molar-refractivity contribution in [1.82, 2.24) is 5.32 Å². The number of aliphatic hydroxyl groups excluding tert-OH is 1. The molecule has 3 rings (SSSR count). The number of ether oxygens (including phenoxy) is 1. The molecule has 2 N–H and O–H groups in total. The Hall–Kier alpha value is -2.37. The number of amides is 1. The minimum absolute atomic E-state index is 0.105. The van der Waals surface area contributed by atoms with Crippen LogP contribution in [0.1, 0.15) is 53.1 Å². The first-order valence-electron chi connectivity index (χ1n) is 8.27. The van der Waals surface area contributed by atoms with Crippen molar-refractivity contribution in [1.29, 1.82) is 0 Å². The second kappa shape index (κ2) is 6.74. The Morgan fingerprint density at radius 1 is 1.15 bits per heavy atom. The molecule has 0 saturated carbocycles. The smallest absolute Gasteiger partial charge is 0.251 e. The van der Waals surface area contributed by atoms with E-state index in [1.54, 1.807) is 56.3 Å². The van der Waals surface area contributed by atoms with Gasteiger partial charge in [-0.3, -0.25) is 9.59 Å². The van der Waals surface area contributed by atoms with Crippen molar-refractivity contribution in [2.75, 3.05) is 0 Å². The highest BCUT2D eigenvalue weighted by Gasteiger charge is 2.43. The summed E-state index contributed by atoms with van der Waals surface area (Å²) >= 11 is 5.96. The molecule has 0 saturated heterocycles. The minimum Gasteiger partial charge on any atom is -0.485 e. The zero-order valence-electron chi connectivity index (χ0n) is 14.7. The van der Waals surface area contributed by atoms with Gasteiger partial charge in [0.2, 0.25) is 0 Å². The maximum atomic E-state index is 12.7. The Labute approximate surface area is 156 Å². The van der Waals surface area contributed by atoms with Crippen molar-refractivity contribution in [2.45, 2.75) is 38.5 Å². The van der Waals surface area contributed by atoms with Crippen LogP contribution in [0, 0.1) is 0 Å². The van der Waals surface area contributed by atoms with Crippen molar-refractivity contribution < 1.29 is 19.4 Å². The van der Waals surface area contributed by atoms with Crippen LogP contribution in [-0.4, -0.2) is 28.5 Å². The number of aliphatic hydroxyl groups is 1. The van der Waals surface area contributed by atoms with E-state index >= 15 is 0 Å². The van der Waals surface area contributed by atoms with Crippen molar-refractivity contribution in [3.8, 4) is 5.75 Å². The zero-order chi connectivity index (χ0) is 19.1. The maximum absolute atomic E-state index is 12.7. The van der Waals surface area contributed by atoms with Crippen molar-refractivity contribution >= 4 is 23.3 Å². The molecule has 2 aromatic carbocycles. The van der Waals surface area contributed by atoms with Crippen molar-refractivity contribution in [3.05, 3.63) is 64.2 Å². The summed E-state index contributed by atoms with van der Waals surface area (Å²) in [6, 6.07) is 10.9. The van der Waals surface area contributed by atoms with Gasteiger partial charge in [-0.15, -0.1) is 0 Å². The molecule has 1 heterocycles. The quantitative estimate of drug-likeness (QED) is 0.807. The Kier molecular flexibility index (Phi) is 4.78. The number of Topliss-reactive ketones (excluding diaryl/α,β-unsaturated/α-hetero) is 1. The number of carbonyl (C=O) groups is 2. The van der Waals surface area contributed by atoms with E-state index < -0.39 is 17.7 Å². The first kappa shape index (κ1) is 18.4. The van der Waals surface area contributed by atoms with Crippen LogP contribution in [0.5, 0.6) is 5.75 Å².